The lowest BCUT2D eigenvalue weighted by Crippen LogP contribution is -2.43. The van der Waals surface area contributed by atoms with Crippen molar-refractivity contribution in [2.24, 2.45) is 5.84 Å². The lowest BCUT2D eigenvalue weighted by Gasteiger charge is -2.08. The van der Waals surface area contributed by atoms with Gasteiger partial charge in [0.25, 0.3) is 0 Å². The number of hydrazine groups is 1. The maximum atomic E-state index is 10.9. The van der Waals surface area contributed by atoms with Gasteiger partial charge in [-0.05, 0) is 6.42 Å². The Morgan fingerprint density at radius 2 is 2.00 bits per heavy atom. The number of amides is 2. The van der Waals surface area contributed by atoms with Crippen LogP contribution >= 0.6 is 0 Å². The van der Waals surface area contributed by atoms with Crippen LogP contribution in [0.5, 0.6) is 0 Å². The molecule has 14 heavy (non-hydrogen) atoms. The number of hydrogen-bond donors (Lipinski definition) is 3. The molecular weight excluding hydrogens is 206 g/mol. The van der Waals surface area contributed by atoms with E-state index >= 15 is 0 Å². The second-order valence-corrected chi connectivity index (χ2v) is 4.63. The van der Waals surface area contributed by atoms with E-state index in [0.29, 0.717) is 13.0 Å². The largest absolute Gasteiger partial charge is 0.348 e. The van der Waals surface area contributed by atoms with E-state index in [9.17, 15) is 13.8 Å². The minimum atomic E-state index is -0.914. The molecule has 0 saturated carbocycles. The first-order valence-electron chi connectivity index (χ1n) is 4.10. The SMILES string of the molecule is CC(CCNC(=O)C(=O)NN)S(C)=O. The van der Waals surface area contributed by atoms with Gasteiger partial charge in [-0.3, -0.25) is 19.2 Å². The zero-order valence-corrected chi connectivity index (χ0v) is 9.02. The summed E-state index contributed by atoms with van der Waals surface area (Å²) < 4.78 is 10.9. The van der Waals surface area contributed by atoms with E-state index in [1.807, 2.05) is 6.92 Å². The molecule has 0 aromatic rings. The molecule has 0 bridgehead atoms. The Kier molecular flexibility index (Phi) is 6.06. The molecule has 0 aromatic carbocycles. The van der Waals surface area contributed by atoms with Crippen LogP contribution in [0.15, 0.2) is 0 Å². The summed E-state index contributed by atoms with van der Waals surface area (Å²) in [5.74, 6) is 3.09. The van der Waals surface area contributed by atoms with Crippen LogP contribution in [0.2, 0.25) is 0 Å². The van der Waals surface area contributed by atoms with Crippen LogP contribution in [0.1, 0.15) is 13.3 Å². The maximum Gasteiger partial charge on any atom is 0.323 e. The Labute approximate surface area is 85.0 Å². The lowest BCUT2D eigenvalue weighted by atomic mass is 10.3. The Morgan fingerprint density at radius 1 is 1.43 bits per heavy atom. The van der Waals surface area contributed by atoms with E-state index in [1.165, 1.54) is 0 Å². The average molecular weight is 221 g/mol. The Bertz CT molecular complexity index is 244. The van der Waals surface area contributed by atoms with Crippen LogP contribution < -0.4 is 16.6 Å². The molecule has 0 aliphatic carbocycles. The quantitative estimate of drug-likeness (QED) is 0.227. The normalized spacial score (nSPS) is 14.2. The smallest absolute Gasteiger partial charge is 0.323 e. The minimum absolute atomic E-state index is 0.00348. The Balaban J connectivity index is 3.69. The minimum Gasteiger partial charge on any atom is -0.348 e. The van der Waals surface area contributed by atoms with Crippen molar-refractivity contribution in [2.45, 2.75) is 18.6 Å². The fourth-order valence-corrected chi connectivity index (χ4v) is 1.15. The highest BCUT2D eigenvalue weighted by molar-refractivity contribution is 7.84. The highest BCUT2D eigenvalue weighted by Crippen LogP contribution is 1.96. The van der Waals surface area contributed by atoms with Crippen molar-refractivity contribution in [3.8, 4) is 0 Å². The van der Waals surface area contributed by atoms with Crippen molar-refractivity contribution in [1.82, 2.24) is 10.7 Å². The number of nitrogens with one attached hydrogen (secondary N) is 2. The number of rotatable bonds is 4. The van der Waals surface area contributed by atoms with Gasteiger partial charge in [0, 0.05) is 28.9 Å². The second kappa shape index (κ2) is 6.50. The van der Waals surface area contributed by atoms with Gasteiger partial charge in [0.05, 0.1) is 0 Å². The van der Waals surface area contributed by atoms with Gasteiger partial charge in [0.2, 0.25) is 0 Å². The molecular formula is C7H15N3O3S. The van der Waals surface area contributed by atoms with Gasteiger partial charge in [-0.2, -0.15) is 0 Å². The number of carbonyl (C=O) groups excluding carboxylic acids is 2. The second-order valence-electron chi connectivity index (χ2n) is 2.83. The highest BCUT2D eigenvalue weighted by Gasteiger charge is 2.11. The molecule has 0 heterocycles. The van der Waals surface area contributed by atoms with Crippen molar-refractivity contribution < 1.29 is 13.8 Å². The summed E-state index contributed by atoms with van der Waals surface area (Å²) in [6.45, 7) is 2.12. The third-order valence-corrected chi connectivity index (χ3v) is 3.11. The van der Waals surface area contributed by atoms with Gasteiger partial charge in [-0.15, -0.1) is 0 Å². The molecule has 4 N–H and O–H groups in total. The molecule has 2 atom stereocenters. The summed E-state index contributed by atoms with van der Waals surface area (Å²) in [5, 5.41) is 2.35. The molecule has 0 radical (unpaired) electrons. The van der Waals surface area contributed by atoms with Crippen LogP contribution in [0.25, 0.3) is 0 Å². The maximum absolute atomic E-state index is 10.9. The molecule has 0 rings (SSSR count). The molecule has 6 nitrogen and oxygen atoms in total. The predicted octanol–water partition coefficient (Wildman–Crippen LogP) is -1.75. The van der Waals surface area contributed by atoms with E-state index < -0.39 is 22.6 Å². The zero-order chi connectivity index (χ0) is 11.1. The van der Waals surface area contributed by atoms with Gasteiger partial charge in [0.1, 0.15) is 0 Å². The van der Waals surface area contributed by atoms with E-state index in [4.69, 9.17) is 5.84 Å². The molecule has 7 heteroatoms. The molecule has 0 saturated heterocycles. The first-order valence-corrected chi connectivity index (χ1v) is 5.72. The number of nitrogens with two attached hydrogens (primary N) is 1. The van der Waals surface area contributed by atoms with Gasteiger partial charge in [0.15, 0.2) is 0 Å². The van der Waals surface area contributed by atoms with Crippen LogP contribution in [-0.4, -0.2) is 34.1 Å². The zero-order valence-electron chi connectivity index (χ0n) is 8.20. The van der Waals surface area contributed by atoms with Crippen LogP contribution in [0.4, 0.5) is 0 Å². The molecule has 0 aliphatic heterocycles. The first kappa shape index (κ1) is 13.1. The van der Waals surface area contributed by atoms with Crippen molar-refractivity contribution in [3.05, 3.63) is 0 Å². The number of hydrogen-bond acceptors (Lipinski definition) is 4. The standard InChI is InChI=1S/C7H15N3O3S/c1-5(14(2)13)3-4-9-6(11)7(12)10-8/h5H,3-4,8H2,1-2H3,(H,9,11)(H,10,12). The average Bonchev–Trinajstić information content (AvgIpc) is 2.15. The Hall–Kier alpha value is -0.950. The summed E-state index contributed by atoms with van der Waals surface area (Å²) in [5.41, 5.74) is 1.71. The molecule has 0 aromatic heterocycles. The summed E-state index contributed by atoms with van der Waals surface area (Å²) in [4.78, 5) is 21.5. The summed E-state index contributed by atoms with van der Waals surface area (Å²) in [7, 11) is -0.914. The van der Waals surface area contributed by atoms with Crippen LogP contribution in [-0.2, 0) is 20.4 Å². The number of carbonyl (C=O) groups is 2. The van der Waals surface area contributed by atoms with Crippen molar-refractivity contribution >= 4 is 22.6 Å². The summed E-state index contributed by atoms with van der Waals surface area (Å²) >= 11 is 0. The third-order valence-electron chi connectivity index (χ3n) is 1.74. The highest BCUT2D eigenvalue weighted by atomic mass is 32.2. The summed E-state index contributed by atoms with van der Waals surface area (Å²) in [6.07, 6.45) is 2.16. The fraction of sp³-hybridized carbons (Fsp3) is 0.714. The predicted molar refractivity (Wildman–Crippen MR) is 53.5 cm³/mol. The molecule has 2 amide bonds. The molecule has 0 fully saturated rings. The van der Waals surface area contributed by atoms with Crippen molar-refractivity contribution in [1.29, 1.82) is 0 Å². The molecule has 2 unspecified atom stereocenters. The van der Waals surface area contributed by atoms with Crippen molar-refractivity contribution in [2.75, 3.05) is 12.8 Å². The molecule has 0 aliphatic rings. The first-order chi connectivity index (χ1) is 6.49. The van der Waals surface area contributed by atoms with Gasteiger partial charge in [-0.25, -0.2) is 5.84 Å². The monoisotopic (exact) mass is 221 g/mol. The van der Waals surface area contributed by atoms with Gasteiger partial charge in [-0.1, -0.05) is 6.92 Å². The van der Waals surface area contributed by atoms with Crippen LogP contribution in [0.3, 0.4) is 0 Å². The lowest BCUT2D eigenvalue weighted by molar-refractivity contribution is -0.139. The van der Waals surface area contributed by atoms with E-state index in [0.717, 1.165) is 0 Å². The van der Waals surface area contributed by atoms with E-state index in [-0.39, 0.29) is 5.25 Å². The molecule has 0 spiro atoms. The third kappa shape index (κ3) is 4.93. The van der Waals surface area contributed by atoms with Crippen molar-refractivity contribution in [3.63, 3.8) is 0 Å². The molecule has 82 valence electrons. The van der Waals surface area contributed by atoms with E-state index in [1.54, 1.807) is 11.7 Å². The summed E-state index contributed by atoms with van der Waals surface area (Å²) in [6, 6.07) is 0. The van der Waals surface area contributed by atoms with Gasteiger partial charge >= 0.3 is 11.8 Å². The van der Waals surface area contributed by atoms with Gasteiger partial charge < -0.3 is 5.32 Å². The fourth-order valence-electron chi connectivity index (χ4n) is 0.701. The Morgan fingerprint density at radius 3 is 2.43 bits per heavy atom. The van der Waals surface area contributed by atoms with E-state index in [2.05, 4.69) is 5.32 Å². The van der Waals surface area contributed by atoms with Crippen LogP contribution in [0, 0.1) is 0 Å². The topological polar surface area (TPSA) is 101 Å².